The van der Waals surface area contributed by atoms with Crippen LogP contribution < -0.4 is 5.48 Å². The van der Waals surface area contributed by atoms with Crippen LogP contribution in [0.5, 0.6) is 0 Å². The van der Waals surface area contributed by atoms with Gasteiger partial charge in [-0.3, -0.25) is 0 Å². The molecule has 1 fully saturated rings. The van der Waals surface area contributed by atoms with Gasteiger partial charge in [-0.2, -0.15) is 5.48 Å². The van der Waals surface area contributed by atoms with Crippen LogP contribution in [0.15, 0.2) is 0 Å². The molecule has 3 heteroatoms. The normalized spacial score (nSPS) is 22.3. The van der Waals surface area contributed by atoms with Gasteiger partial charge in [-0.25, -0.2) is 5.26 Å². The van der Waals surface area contributed by atoms with Crippen LogP contribution >= 0.6 is 0 Å². The lowest BCUT2D eigenvalue weighted by Crippen LogP contribution is -2.29. The molecule has 0 spiro atoms. The quantitative estimate of drug-likeness (QED) is 0.438. The van der Waals surface area contributed by atoms with Crippen molar-refractivity contribution in [1.82, 2.24) is 5.48 Å². The third-order valence-electron chi connectivity index (χ3n) is 1.82. The van der Waals surface area contributed by atoms with Crippen molar-refractivity contribution in [3.63, 3.8) is 0 Å². The van der Waals surface area contributed by atoms with Crippen LogP contribution in [0.25, 0.3) is 0 Å². The van der Waals surface area contributed by atoms with E-state index in [0.29, 0.717) is 6.04 Å². The molecule has 0 radical (unpaired) electrons. The predicted octanol–water partition coefficient (Wildman–Crippen LogP) is 1.31. The molecule has 0 atom stereocenters. The van der Waals surface area contributed by atoms with E-state index in [1.165, 1.54) is 19.3 Å². The SMILES string of the molecule is OONC1CCCCC1. The smallest absolute Gasteiger partial charge is 0.0352 e. The van der Waals surface area contributed by atoms with Crippen LogP contribution in [0.4, 0.5) is 0 Å². The molecule has 0 unspecified atom stereocenters. The van der Waals surface area contributed by atoms with E-state index in [-0.39, 0.29) is 0 Å². The fourth-order valence-electron chi connectivity index (χ4n) is 1.29. The lowest BCUT2D eigenvalue weighted by atomic mass is 9.96. The molecule has 0 aliphatic heterocycles. The lowest BCUT2D eigenvalue weighted by Gasteiger charge is -2.19. The topological polar surface area (TPSA) is 41.5 Å². The average molecular weight is 131 g/mol. The first-order valence-corrected chi connectivity index (χ1v) is 3.49. The highest BCUT2D eigenvalue weighted by molar-refractivity contribution is 4.67. The maximum atomic E-state index is 8.01. The number of nitrogens with one attached hydrogen (secondary N) is 1. The highest BCUT2D eigenvalue weighted by Crippen LogP contribution is 2.16. The average Bonchev–Trinajstić information content (AvgIpc) is 1.91. The summed E-state index contributed by atoms with van der Waals surface area (Å²) in [4.78, 5) is 3.83. The summed E-state index contributed by atoms with van der Waals surface area (Å²) in [6.45, 7) is 0. The van der Waals surface area contributed by atoms with Crippen LogP contribution in [-0.4, -0.2) is 11.3 Å². The first-order chi connectivity index (χ1) is 4.43. The third kappa shape index (κ3) is 2.30. The van der Waals surface area contributed by atoms with Crippen molar-refractivity contribution in [3.05, 3.63) is 0 Å². The van der Waals surface area contributed by atoms with Crippen LogP contribution in [-0.2, 0) is 4.99 Å². The first kappa shape index (κ1) is 6.99. The van der Waals surface area contributed by atoms with Gasteiger partial charge in [-0.05, 0) is 12.8 Å². The zero-order valence-corrected chi connectivity index (χ0v) is 5.47. The van der Waals surface area contributed by atoms with Crippen molar-refractivity contribution in [2.45, 2.75) is 38.1 Å². The fraction of sp³-hybridized carbons (Fsp3) is 1.00. The van der Waals surface area contributed by atoms with E-state index in [4.69, 9.17) is 5.26 Å². The minimum Gasteiger partial charge on any atom is -0.233 e. The number of rotatable bonds is 2. The number of hydrogen-bond acceptors (Lipinski definition) is 3. The largest absolute Gasteiger partial charge is 0.233 e. The Morgan fingerprint density at radius 1 is 1.22 bits per heavy atom. The molecule has 0 aromatic rings. The summed E-state index contributed by atoms with van der Waals surface area (Å²) in [5, 5.41) is 8.01. The summed E-state index contributed by atoms with van der Waals surface area (Å²) in [5.41, 5.74) is 2.54. The van der Waals surface area contributed by atoms with E-state index in [2.05, 4.69) is 10.5 Å². The Labute approximate surface area is 54.9 Å². The Kier molecular flexibility index (Phi) is 2.97. The lowest BCUT2D eigenvalue weighted by molar-refractivity contribution is -0.300. The van der Waals surface area contributed by atoms with Gasteiger partial charge in [-0.15, -0.1) is 4.99 Å². The molecule has 0 saturated heterocycles. The van der Waals surface area contributed by atoms with Crippen molar-refractivity contribution in [1.29, 1.82) is 0 Å². The van der Waals surface area contributed by atoms with Gasteiger partial charge in [0.1, 0.15) is 0 Å². The molecule has 3 nitrogen and oxygen atoms in total. The third-order valence-corrected chi connectivity index (χ3v) is 1.82. The van der Waals surface area contributed by atoms with Crippen molar-refractivity contribution in [2.24, 2.45) is 0 Å². The predicted molar refractivity (Wildman–Crippen MR) is 33.7 cm³/mol. The molecule has 0 aromatic heterocycles. The van der Waals surface area contributed by atoms with E-state index >= 15 is 0 Å². The van der Waals surface area contributed by atoms with Gasteiger partial charge in [0.15, 0.2) is 0 Å². The van der Waals surface area contributed by atoms with Gasteiger partial charge in [-0.1, -0.05) is 19.3 Å². The molecule has 1 rings (SSSR count). The highest BCUT2D eigenvalue weighted by Gasteiger charge is 2.11. The molecule has 0 bridgehead atoms. The van der Waals surface area contributed by atoms with E-state index in [9.17, 15) is 0 Å². The minimum absolute atomic E-state index is 0.378. The molecule has 54 valence electrons. The van der Waals surface area contributed by atoms with Gasteiger partial charge in [0.2, 0.25) is 0 Å². The van der Waals surface area contributed by atoms with E-state index in [0.717, 1.165) is 12.8 Å². The van der Waals surface area contributed by atoms with Crippen LogP contribution in [0.3, 0.4) is 0 Å². The van der Waals surface area contributed by atoms with Crippen LogP contribution in [0.2, 0.25) is 0 Å². The summed E-state index contributed by atoms with van der Waals surface area (Å²) in [7, 11) is 0. The van der Waals surface area contributed by atoms with Gasteiger partial charge in [0.05, 0.1) is 0 Å². The van der Waals surface area contributed by atoms with Gasteiger partial charge in [0, 0.05) is 6.04 Å². The molecule has 0 aromatic carbocycles. The summed E-state index contributed by atoms with van der Waals surface area (Å²) in [5.74, 6) is 0. The van der Waals surface area contributed by atoms with Crippen molar-refractivity contribution < 1.29 is 10.2 Å². The molecular formula is C6H13NO2. The second-order valence-corrected chi connectivity index (χ2v) is 2.54. The summed E-state index contributed by atoms with van der Waals surface area (Å²) in [6.07, 6.45) is 6.08. The summed E-state index contributed by atoms with van der Waals surface area (Å²) < 4.78 is 0. The number of hydrogen-bond donors (Lipinski definition) is 2. The monoisotopic (exact) mass is 131 g/mol. The van der Waals surface area contributed by atoms with E-state index in [1.54, 1.807) is 0 Å². The zero-order valence-electron chi connectivity index (χ0n) is 5.47. The highest BCUT2D eigenvalue weighted by atomic mass is 17.2. The molecule has 1 aliphatic rings. The van der Waals surface area contributed by atoms with Crippen molar-refractivity contribution in [2.75, 3.05) is 0 Å². The summed E-state index contributed by atoms with van der Waals surface area (Å²) in [6, 6.07) is 0.378. The molecule has 0 amide bonds. The zero-order chi connectivity index (χ0) is 6.53. The Hall–Kier alpha value is -0.120. The molecule has 1 aliphatic carbocycles. The first-order valence-electron chi connectivity index (χ1n) is 3.49. The molecular weight excluding hydrogens is 118 g/mol. The molecule has 1 saturated carbocycles. The maximum Gasteiger partial charge on any atom is 0.0352 e. The van der Waals surface area contributed by atoms with Crippen LogP contribution in [0.1, 0.15) is 32.1 Å². The van der Waals surface area contributed by atoms with Crippen molar-refractivity contribution >= 4 is 0 Å². The Morgan fingerprint density at radius 3 is 2.44 bits per heavy atom. The standard InChI is InChI=1S/C6H13NO2/c8-9-7-6-4-2-1-3-5-6/h6-8H,1-5H2. The molecule has 9 heavy (non-hydrogen) atoms. The Balaban J connectivity index is 2.08. The second kappa shape index (κ2) is 3.82. The second-order valence-electron chi connectivity index (χ2n) is 2.54. The fourth-order valence-corrected chi connectivity index (χ4v) is 1.29. The Bertz CT molecular complexity index is 68.7. The van der Waals surface area contributed by atoms with E-state index in [1.807, 2.05) is 0 Å². The minimum atomic E-state index is 0.378. The number of hydroxylamine groups is 1. The maximum absolute atomic E-state index is 8.01. The molecule has 0 heterocycles. The van der Waals surface area contributed by atoms with Crippen LogP contribution in [0, 0.1) is 0 Å². The Morgan fingerprint density at radius 2 is 1.89 bits per heavy atom. The molecule has 2 N–H and O–H groups in total. The summed E-state index contributed by atoms with van der Waals surface area (Å²) >= 11 is 0. The van der Waals surface area contributed by atoms with E-state index < -0.39 is 0 Å². The van der Waals surface area contributed by atoms with Crippen molar-refractivity contribution in [3.8, 4) is 0 Å². The van der Waals surface area contributed by atoms with Gasteiger partial charge < -0.3 is 0 Å². The van der Waals surface area contributed by atoms with Gasteiger partial charge in [0.25, 0.3) is 0 Å². The van der Waals surface area contributed by atoms with Gasteiger partial charge >= 0.3 is 0 Å².